The quantitative estimate of drug-likeness (QED) is 0.530. The average molecular weight is 344 g/mol. The number of pyridine rings is 1. The van der Waals surface area contributed by atoms with Crippen molar-refractivity contribution >= 4 is 5.96 Å². The van der Waals surface area contributed by atoms with E-state index in [0.29, 0.717) is 6.54 Å². The molecule has 1 heterocycles. The van der Waals surface area contributed by atoms with Gasteiger partial charge in [-0.2, -0.15) is 0 Å². The minimum Gasteiger partial charge on any atom is -0.356 e. The number of nitrogens with one attached hydrogen (secondary N) is 2. The van der Waals surface area contributed by atoms with Crippen molar-refractivity contribution in [3.8, 4) is 11.3 Å². The monoisotopic (exact) mass is 344 g/mol. The molecular weight excluding hydrogens is 320 g/mol. The third-order valence-corrected chi connectivity index (χ3v) is 4.12. The Hall–Kier alpha value is -3.14. The molecule has 0 saturated heterocycles. The van der Waals surface area contributed by atoms with Crippen LogP contribution in [0, 0.1) is 0 Å². The van der Waals surface area contributed by atoms with Crippen molar-refractivity contribution in [2.45, 2.75) is 13.0 Å². The minimum absolute atomic E-state index is 0.714. The Morgan fingerprint density at radius 1 is 0.885 bits per heavy atom. The molecule has 3 rings (SSSR count). The van der Waals surface area contributed by atoms with Gasteiger partial charge in [-0.05, 0) is 35.7 Å². The molecule has 0 amide bonds. The zero-order valence-corrected chi connectivity index (χ0v) is 15.0. The molecule has 4 heteroatoms. The standard InChI is InChI=1S/C22H24N4/c1-23-22(25-15-13-18-8-3-2-4-9-18)26-17-19-10-7-11-20(16-19)21-12-5-6-14-24-21/h2-12,14,16H,13,15,17H2,1H3,(H2,23,25,26). The van der Waals surface area contributed by atoms with E-state index < -0.39 is 0 Å². The lowest BCUT2D eigenvalue weighted by atomic mass is 10.1. The van der Waals surface area contributed by atoms with Gasteiger partial charge in [0, 0.05) is 31.9 Å². The van der Waals surface area contributed by atoms with Crippen LogP contribution < -0.4 is 10.6 Å². The molecule has 0 spiro atoms. The van der Waals surface area contributed by atoms with E-state index >= 15 is 0 Å². The summed E-state index contributed by atoms with van der Waals surface area (Å²) < 4.78 is 0. The first kappa shape index (κ1) is 17.7. The fourth-order valence-electron chi connectivity index (χ4n) is 2.75. The number of hydrogen-bond donors (Lipinski definition) is 2. The van der Waals surface area contributed by atoms with Crippen LogP contribution >= 0.6 is 0 Å². The van der Waals surface area contributed by atoms with Crippen LogP contribution in [0.25, 0.3) is 11.3 Å². The summed E-state index contributed by atoms with van der Waals surface area (Å²) >= 11 is 0. The molecule has 0 bridgehead atoms. The molecule has 0 radical (unpaired) electrons. The predicted molar refractivity (Wildman–Crippen MR) is 108 cm³/mol. The van der Waals surface area contributed by atoms with Crippen LogP contribution in [0.2, 0.25) is 0 Å². The van der Waals surface area contributed by atoms with Crippen LogP contribution in [0.15, 0.2) is 84.0 Å². The summed E-state index contributed by atoms with van der Waals surface area (Å²) in [6.45, 7) is 1.56. The molecule has 0 unspecified atom stereocenters. The number of guanidine groups is 1. The van der Waals surface area contributed by atoms with Gasteiger partial charge in [-0.25, -0.2) is 0 Å². The number of aromatic nitrogens is 1. The van der Waals surface area contributed by atoms with Gasteiger partial charge in [0.1, 0.15) is 0 Å². The van der Waals surface area contributed by atoms with Crippen LogP contribution in [0.1, 0.15) is 11.1 Å². The van der Waals surface area contributed by atoms with Gasteiger partial charge in [0.15, 0.2) is 5.96 Å². The maximum absolute atomic E-state index is 4.41. The molecular formula is C22H24N4. The fraction of sp³-hybridized carbons (Fsp3) is 0.182. The van der Waals surface area contributed by atoms with E-state index in [0.717, 1.165) is 30.2 Å². The van der Waals surface area contributed by atoms with Gasteiger partial charge >= 0.3 is 0 Å². The first-order chi connectivity index (χ1) is 12.8. The van der Waals surface area contributed by atoms with Crippen molar-refractivity contribution in [3.05, 3.63) is 90.1 Å². The number of rotatable bonds is 6. The van der Waals surface area contributed by atoms with Crippen molar-refractivity contribution in [2.75, 3.05) is 13.6 Å². The smallest absolute Gasteiger partial charge is 0.191 e. The van der Waals surface area contributed by atoms with Gasteiger partial charge in [-0.3, -0.25) is 9.98 Å². The summed E-state index contributed by atoms with van der Waals surface area (Å²) in [7, 11) is 1.79. The summed E-state index contributed by atoms with van der Waals surface area (Å²) in [5.74, 6) is 0.809. The molecule has 0 aliphatic rings. The maximum Gasteiger partial charge on any atom is 0.191 e. The van der Waals surface area contributed by atoms with Crippen LogP contribution in [0.3, 0.4) is 0 Å². The molecule has 2 N–H and O–H groups in total. The van der Waals surface area contributed by atoms with E-state index in [9.17, 15) is 0 Å². The number of hydrogen-bond acceptors (Lipinski definition) is 2. The lowest BCUT2D eigenvalue weighted by Gasteiger charge is -2.12. The Kier molecular flexibility index (Phi) is 6.37. The lowest BCUT2D eigenvalue weighted by Crippen LogP contribution is -2.37. The summed E-state index contributed by atoms with van der Waals surface area (Å²) in [4.78, 5) is 8.71. The molecule has 132 valence electrons. The molecule has 4 nitrogen and oxygen atoms in total. The third-order valence-electron chi connectivity index (χ3n) is 4.12. The number of benzene rings is 2. The molecule has 0 aliphatic heterocycles. The third kappa shape index (κ3) is 5.18. The molecule has 1 aromatic heterocycles. The zero-order valence-electron chi connectivity index (χ0n) is 15.0. The van der Waals surface area contributed by atoms with Crippen LogP contribution in [0.4, 0.5) is 0 Å². The lowest BCUT2D eigenvalue weighted by molar-refractivity contribution is 0.795. The zero-order chi connectivity index (χ0) is 18.0. The summed E-state index contributed by atoms with van der Waals surface area (Å²) in [5.41, 5.74) is 4.62. The largest absolute Gasteiger partial charge is 0.356 e. The Morgan fingerprint density at radius 2 is 1.69 bits per heavy atom. The van der Waals surface area contributed by atoms with Crippen molar-refractivity contribution in [3.63, 3.8) is 0 Å². The van der Waals surface area contributed by atoms with E-state index in [4.69, 9.17) is 0 Å². The van der Waals surface area contributed by atoms with E-state index in [-0.39, 0.29) is 0 Å². The van der Waals surface area contributed by atoms with Crippen molar-refractivity contribution in [1.29, 1.82) is 0 Å². The second-order valence-corrected chi connectivity index (χ2v) is 6.00. The number of aliphatic imine (C=N–C) groups is 1. The molecule has 0 atom stereocenters. The van der Waals surface area contributed by atoms with Crippen LogP contribution in [-0.2, 0) is 13.0 Å². The summed E-state index contributed by atoms with van der Waals surface area (Å²) in [6.07, 6.45) is 2.79. The summed E-state index contributed by atoms with van der Waals surface area (Å²) in [5, 5.41) is 6.73. The van der Waals surface area contributed by atoms with E-state index in [1.54, 1.807) is 7.05 Å². The molecule has 26 heavy (non-hydrogen) atoms. The van der Waals surface area contributed by atoms with Gasteiger partial charge in [0.2, 0.25) is 0 Å². The van der Waals surface area contributed by atoms with E-state index in [2.05, 4.69) is 69.1 Å². The Bertz CT molecular complexity index is 829. The highest BCUT2D eigenvalue weighted by molar-refractivity contribution is 5.79. The van der Waals surface area contributed by atoms with Crippen LogP contribution in [-0.4, -0.2) is 24.5 Å². The molecule has 0 fully saturated rings. The van der Waals surface area contributed by atoms with Gasteiger partial charge in [0.25, 0.3) is 0 Å². The highest BCUT2D eigenvalue weighted by Crippen LogP contribution is 2.17. The SMILES string of the molecule is CN=C(NCCc1ccccc1)NCc1cccc(-c2ccccn2)c1. The highest BCUT2D eigenvalue weighted by atomic mass is 15.2. The van der Waals surface area contributed by atoms with Gasteiger partial charge in [0.05, 0.1) is 5.69 Å². The Morgan fingerprint density at radius 3 is 2.46 bits per heavy atom. The number of nitrogens with zero attached hydrogens (tertiary/aromatic N) is 2. The minimum atomic E-state index is 0.714. The fourth-order valence-corrected chi connectivity index (χ4v) is 2.75. The predicted octanol–water partition coefficient (Wildman–Crippen LogP) is 3.66. The van der Waals surface area contributed by atoms with Gasteiger partial charge in [-0.15, -0.1) is 0 Å². The van der Waals surface area contributed by atoms with Gasteiger partial charge < -0.3 is 10.6 Å². The first-order valence-corrected chi connectivity index (χ1v) is 8.84. The Labute approximate surface area is 155 Å². The summed E-state index contributed by atoms with van der Waals surface area (Å²) in [6, 6.07) is 24.8. The molecule has 2 aromatic carbocycles. The van der Waals surface area contributed by atoms with Gasteiger partial charge in [-0.1, -0.05) is 54.6 Å². The van der Waals surface area contributed by atoms with E-state index in [1.807, 2.05) is 30.5 Å². The second kappa shape index (κ2) is 9.37. The normalized spacial score (nSPS) is 11.2. The molecule has 0 saturated carbocycles. The van der Waals surface area contributed by atoms with E-state index in [1.165, 1.54) is 11.1 Å². The van der Waals surface area contributed by atoms with Crippen LogP contribution in [0.5, 0.6) is 0 Å². The second-order valence-electron chi connectivity index (χ2n) is 6.00. The topological polar surface area (TPSA) is 49.3 Å². The molecule has 3 aromatic rings. The average Bonchev–Trinajstić information content (AvgIpc) is 2.72. The molecule has 0 aliphatic carbocycles. The van der Waals surface area contributed by atoms with Crippen molar-refractivity contribution in [1.82, 2.24) is 15.6 Å². The highest BCUT2D eigenvalue weighted by Gasteiger charge is 2.02. The maximum atomic E-state index is 4.41. The Balaban J connectivity index is 1.52. The first-order valence-electron chi connectivity index (χ1n) is 8.84. The van der Waals surface area contributed by atoms with Crippen molar-refractivity contribution in [2.24, 2.45) is 4.99 Å². The van der Waals surface area contributed by atoms with Crippen molar-refractivity contribution < 1.29 is 0 Å².